The number of nitrogens with one attached hydrogen (secondary N) is 1. The van der Waals surface area contributed by atoms with Crippen molar-refractivity contribution >= 4 is 17.3 Å². The molecule has 16 heavy (non-hydrogen) atoms. The molecule has 0 fully saturated rings. The fourth-order valence-electron chi connectivity index (χ4n) is 1.29. The Hall–Kier alpha value is -1.46. The number of nitrogens with zero attached hydrogens (tertiary/aromatic N) is 2. The molecular weight excluding hydrogens is 220 g/mol. The van der Waals surface area contributed by atoms with Crippen LogP contribution in [0.4, 0.5) is 5.95 Å². The van der Waals surface area contributed by atoms with E-state index < -0.39 is 0 Å². The minimum absolute atomic E-state index is 0.661. The summed E-state index contributed by atoms with van der Waals surface area (Å²) in [5, 5.41) is 5.16. The lowest BCUT2D eigenvalue weighted by Gasteiger charge is -2.03. The van der Waals surface area contributed by atoms with E-state index in [1.54, 1.807) is 11.3 Å². The second kappa shape index (κ2) is 5.58. The molecule has 2 aromatic heterocycles. The first kappa shape index (κ1) is 11.0. The highest BCUT2D eigenvalue weighted by Gasteiger charge is 2.00. The van der Waals surface area contributed by atoms with Crippen LogP contribution in [0, 0.1) is 0 Å². The predicted molar refractivity (Wildman–Crippen MR) is 67.5 cm³/mol. The Bertz CT molecular complexity index is 410. The molecular formula is C11H14N4S. The summed E-state index contributed by atoms with van der Waals surface area (Å²) in [6.07, 6.45) is 4.60. The molecule has 0 radical (unpaired) electrons. The van der Waals surface area contributed by atoms with Crippen LogP contribution < -0.4 is 11.1 Å². The third-order valence-electron chi connectivity index (χ3n) is 2.12. The van der Waals surface area contributed by atoms with Gasteiger partial charge >= 0.3 is 0 Å². The number of hydrogen-bond acceptors (Lipinski definition) is 5. The van der Waals surface area contributed by atoms with Crippen LogP contribution >= 0.6 is 11.3 Å². The summed E-state index contributed by atoms with van der Waals surface area (Å²) in [6, 6.07) is 4.08. The maximum absolute atomic E-state index is 5.40. The van der Waals surface area contributed by atoms with Crippen molar-refractivity contribution < 1.29 is 0 Å². The number of rotatable bonds is 5. The normalized spacial score (nSPS) is 10.3. The largest absolute Gasteiger partial charge is 0.354 e. The SMILES string of the molecule is NCCCNc1ncc(-c2cccs2)cn1. The van der Waals surface area contributed by atoms with E-state index in [0.29, 0.717) is 12.5 Å². The van der Waals surface area contributed by atoms with Crippen molar-refractivity contribution in [3.8, 4) is 10.4 Å². The van der Waals surface area contributed by atoms with Crippen LogP contribution in [0.15, 0.2) is 29.9 Å². The molecule has 5 heteroatoms. The van der Waals surface area contributed by atoms with Crippen LogP contribution in [-0.2, 0) is 0 Å². The number of anilines is 1. The van der Waals surface area contributed by atoms with Gasteiger partial charge in [-0.15, -0.1) is 11.3 Å². The van der Waals surface area contributed by atoms with E-state index >= 15 is 0 Å². The van der Waals surface area contributed by atoms with Gasteiger partial charge in [-0.3, -0.25) is 0 Å². The van der Waals surface area contributed by atoms with E-state index in [0.717, 1.165) is 18.5 Å². The first-order chi connectivity index (χ1) is 7.90. The zero-order valence-electron chi connectivity index (χ0n) is 8.89. The van der Waals surface area contributed by atoms with E-state index in [1.807, 2.05) is 23.8 Å². The van der Waals surface area contributed by atoms with Crippen LogP contribution in [-0.4, -0.2) is 23.1 Å². The zero-order chi connectivity index (χ0) is 11.2. The molecule has 0 aliphatic rings. The number of thiophene rings is 1. The van der Waals surface area contributed by atoms with Gasteiger partial charge in [0.2, 0.25) is 5.95 Å². The number of hydrogen-bond donors (Lipinski definition) is 2. The Morgan fingerprint density at radius 1 is 1.31 bits per heavy atom. The summed E-state index contributed by atoms with van der Waals surface area (Å²) in [4.78, 5) is 9.69. The van der Waals surface area contributed by atoms with E-state index in [4.69, 9.17) is 5.73 Å². The third-order valence-corrected chi connectivity index (χ3v) is 3.04. The van der Waals surface area contributed by atoms with Crippen molar-refractivity contribution in [1.29, 1.82) is 0 Å². The smallest absolute Gasteiger partial charge is 0.222 e. The predicted octanol–water partition coefficient (Wildman–Crippen LogP) is 1.97. The lowest BCUT2D eigenvalue weighted by Crippen LogP contribution is -2.10. The van der Waals surface area contributed by atoms with Crippen LogP contribution in [0.1, 0.15) is 6.42 Å². The molecule has 0 atom stereocenters. The summed E-state index contributed by atoms with van der Waals surface area (Å²) < 4.78 is 0. The highest BCUT2D eigenvalue weighted by Crippen LogP contribution is 2.23. The summed E-state index contributed by atoms with van der Waals surface area (Å²) >= 11 is 1.69. The quantitative estimate of drug-likeness (QED) is 0.776. The topological polar surface area (TPSA) is 63.8 Å². The summed E-state index contributed by atoms with van der Waals surface area (Å²) in [5.41, 5.74) is 6.46. The molecule has 0 saturated heterocycles. The Kier molecular flexibility index (Phi) is 3.85. The lowest BCUT2D eigenvalue weighted by molar-refractivity contribution is 0.864. The van der Waals surface area contributed by atoms with E-state index in [9.17, 15) is 0 Å². The van der Waals surface area contributed by atoms with Crippen LogP contribution in [0.3, 0.4) is 0 Å². The van der Waals surface area contributed by atoms with Crippen molar-refractivity contribution in [1.82, 2.24) is 9.97 Å². The fourth-order valence-corrected chi connectivity index (χ4v) is 1.99. The van der Waals surface area contributed by atoms with E-state index in [-0.39, 0.29) is 0 Å². The lowest BCUT2D eigenvalue weighted by atomic mass is 10.3. The molecule has 84 valence electrons. The van der Waals surface area contributed by atoms with Gasteiger partial charge in [0, 0.05) is 29.4 Å². The molecule has 4 nitrogen and oxygen atoms in total. The van der Waals surface area contributed by atoms with Gasteiger partial charge in [-0.05, 0) is 24.4 Å². The zero-order valence-corrected chi connectivity index (χ0v) is 9.70. The van der Waals surface area contributed by atoms with Gasteiger partial charge in [-0.2, -0.15) is 0 Å². The second-order valence-electron chi connectivity index (χ2n) is 3.34. The number of aromatic nitrogens is 2. The minimum atomic E-state index is 0.661. The van der Waals surface area contributed by atoms with Crippen molar-refractivity contribution in [3.63, 3.8) is 0 Å². The van der Waals surface area contributed by atoms with Gasteiger partial charge in [-0.25, -0.2) is 9.97 Å². The molecule has 0 aliphatic heterocycles. The molecule has 0 saturated carbocycles. The molecule has 0 unspecified atom stereocenters. The molecule has 2 aromatic rings. The molecule has 2 rings (SSSR count). The van der Waals surface area contributed by atoms with Crippen molar-refractivity contribution in [2.24, 2.45) is 5.73 Å². The van der Waals surface area contributed by atoms with Gasteiger partial charge in [0.1, 0.15) is 0 Å². The first-order valence-electron chi connectivity index (χ1n) is 5.20. The minimum Gasteiger partial charge on any atom is -0.354 e. The van der Waals surface area contributed by atoms with Crippen molar-refractivity contribution in [2.75, 3.05) is 18.4 Å². The maximum atomic E-state index is 5.40. The maximum Gasteiger partial charge on any atom is 0.222 e. The molecule has 3 N–H and O–H groups in total. The summed E-state index contributed by atoms with van der Waals surface area (Å²) in [5.74, 6) is 0.661. The van der Waals surface area contributed by atoms with Crippen LogP contribution in [0.5, 0.6) is 0 Å². The molecule has 2 heterocycles. The molecule has 0 spiro atoms. The van der Waals surface area contributed by atoms with Crippen LogP contribution in [0.2, 0.25) is 0 Å². The van der Waals surface area contributed by atoms with Crippen molar-refractivity contribution in [2.45, 2.75) is 6.42 Å². The Labute approximate surface area is 98.6 Å². The monoisotopic (exact) mass is 234 g/mol. The fraction of sp³-hybridized carbons (Fsp3) is 0.273. The average molecular weight is 234 g/mol. The Morgan fingerprint density at radius 3 is 2.75 bits per heavy atom. The van der Waals surface area contributed by atoms with Gasteiger partial charge < -0.3 is 11.1 Å². The van der Waals surface area contributed by atoms with Gasteiger partial charge in [0.15, 0.2) is 0 Å². The molecule has 0 bridgehead atoms. The van der Waals surface area contributed by atoms with E-state index in [1.165, 1.54) is 4.88 Å². The standard InChI is InChI=1S/C11H14N4S/c12-4-2-5-13-11-14-7-9(8-15-11)10-3-1-6-16-10/h1,3,6-8H,2,4-5,12H2,(H,13,14,15). The first-order valence-corrected chi connectivity index (χ1v) is 6.08. The summed E-state index contributed by atoms with van der Waals surface area (Å²) in [7, 11) is 0. The molecule has 0 aliphatic carbocycles. The van der Waals surface area contributed by atoms with Gasteiger partial charge in [0.05, 0.1) is 0 Å². The van der Waals surface area contributed by atoms with Gasteiger partial charge in [-0.1, -0.05) is 6.07 Å². The molecule has 0 amide bonds. The van der Waals surface area contributed by atoms with Crippen LogP contribution in [0.25, 0.3) is 10.4 Å². The Morgan fingerprint density at radius 2 is 2.12 bits per heavy atom. The second-order valence-corrected chi connectivity index (χ2v) is 4.29. The van der Waals surface area contributed by atoms with Crippen molar-refractivity contribution in [3.05, 3.63) is 29.9 Å². The molecule has 0 aromatic carbocycles. The average Bonchev–Trinajstić information content (AvgIpc) is 2.84. The highest BCUT2D eigenvalue weighted by molar-refractivity contribution is 7.13. The van der Waals surface area contributed by atoms with Gasteiger partial charge in [0.25, 0.3) is 0 Å². The Balaban J connectivity index is 2.00. The highest BCUT2D eigenvalue weighted by atomic mass is 32.1. The summed E-state index contributed by atoms with van der Waals surface area (Å²) in [6.45, 7) is 1.50. The van der Waals surface area contributed by atoms with E-state index in [2.05, 4.69) is 21.4 Å². The third kappa shape index (κ3) is 2.77. The number of nitrogens with two attached hydrogens (primary N) is 1.